The van der Waals surface area contributed by atoms with Crippen molar-refractivity contribution in [2.24, 2.45) is 0 Å². The fraction of sp³-hybridized carbons (Fsp3) is 0.148. The van der Waals surface area contributed by atoms with Crippen LogP contribution in [-0.2, 0) is 4.74 Å². The molecule has 0 unspecified atom stereocenters. The number of aromatic nitrogens is 2. The Morgan fingerprint density at radius 3 is 2.40 bits per heavy atom. The summed E-state index contributed by atoms with van der Waals surface area (Å²) in [4.78, 5) is 30.1. The standard InChI is InChI=1S/C27H23F2N3O3/c1-27(2,3)35-26(34)22-8-6-17(21-9-7-19(28)14-23(21)29)13-24(22)31-25(33)18-12-20(16-30-15-18)32-10-4-5-11-32/h4-16H,1-3H3,(H,31,33). The lowest BCUT2D eigenvalue weighted by molar-refractivity contribution is 0.00708. The highest BCUT2D eigenvalue weighted by atomic mass is 19.1. The molecule has 4 aromatic rings. The lowest BCUT2D eigenvalue weighted by atomic mass is 10.0. The molecule has 2 aromatic heterocycles. The fourth-order valence-electron chi connectivity index (χ4n) is 3.44. The van der Waals surface area contributed by atoms with Gasteiger partial charge >= 0.3 is 5.97 Å². The van der Waals surface area contributed by atoms with Crippen molar-refractivity contribution in [3.63, 3.8) is 0 Å². The molecule has 2 aromatic carbocycles. The number of esters is 1. The number of benzene rings is 2. The molecule has 0 spiro atoms. The average molecular weight is 475 g/mol. The van der Waals surface area contributed by atoms with Crippen molar-refractivity contribution in [1.29, 1.82) is 0 Å². The van der Waals surface area contributed by atoms with Crippen LogP contribution in [0.1, 0.15) is 41.5 Å². The van der Waals surface area contributed by atoms with Crippen LogP contribution in [0, 0.1) is 11.6 Å². The Hall–Kier alpha value is -4.33. The third-order valence-electron chi connectivity index (χ3n) is 5.02. The predicted octanol–water partition coefficient (Wildman–Crippen LogP) is 6.03. The molecule has 0 radical (unpaired) electrons. The van der Waals surface area contributed by atoms with E-state index in [0.717, 1.165) is 12.1 Å². The van der Waals surface area contributed by atoms with Crippen molar-refractivity contribution in [2.75, 3.05) is 5.32 Å². The van der Waals surface area contributed by atoms with Crippen molar-refractivity contribution >= 4 is 17.6 Å². The maximum Gasteiger partial charge on any atom is 0.340 e. The van der Waals surface area contributed by atoms with Crippen LogP contribution in [0.25, 0.3) is 16.8 Å². The molecular weight excluding hydrogens is 452 g/mol. The van der Waals surface area contributed by atoms with Gasteiger partial charge in [0.15, 0.2) is 0 Å². The first-order chi connectivity index (χ1) is 16.6. The van der Waals surface area contributed by atoms with Crippen molar-refractivity contribution in [2.45, 2.75) is 26.4 Å². The first-order valence-electron chi connectivity index (χ1n) is 10.8. The number of carbonyl (C=O) groups is 2. The van der Waals surface area contributed by atoms with Crippen LogP contribution in [-0.4, -0.2) is 27.0 Å². The molecule has 0 saturated heterocycles. The van der Waals surface area contributed by atoms with Crippen LogP contribution in [0.4, 0.5) is 14.5 Å². The van der Waals surface area contributed by atoms with Gasteiger partial charge in [0.05, 0.1) is 28.7 Å². The third kappa shape index (κ3) is 5.60. The molecule has 0 saturated carbocycles. The molecule has 4 rings (SSSR count). The molecule has 0 bridgehead atoms. The van der Waals surface area contributed by atoms with Gasteiger partial charge in [-0.3, -0.25) is 9.78 Å². The zero-order valence-electron chi connectivity index (χ0n) is 19.4. The lowest BCUT2D eigenvalue weighted by Crippen LogP contribution is -2.25. The van der Waals surface area contributed by atoms with Crippen LogP contribution in [0.3, 0.4) is 0 Å². The molecule has 178 valence electrons. The number of carbonyl (C=O) groups excluding carboxylic acids is 2. The summed E-state index contributed by atoms with van der Waals surface area (Å²) in [5.41, 5.74) is 0.848. The van der Waals surface area contributed by atoms with E-state index in [-0.39, 0.29) is 22.4 Å². The Bertz CT molecular complexity index is 1390. The Kier molecular flexibility index (Phi) is 6.46. The minimum Gasteiger partial charge on any atom is -0.456 e. The molecule has 0 aliphatic heterocycles. The highest BCUT2D eigenvalue weighted by Gasteiger charge is 2.23. The number of nitrogens with zero attached hydrogens (tertiary/aromatic N) is 2. The first kappa shape index (κ1) is 23.8. The zero-order valence-corrected chi connectivity index (χ0v) is 19.4. The van der Waals surface area contributed by atoms with Gasteiger partial charge in [0.1, 0.15) is 17.2 Å². The summed E-state index contributed by atoms with van der Waals surface area (Å²) >= 11 is 0. The molecule has 8 heteroatoms. The van der Waals surface area contributed by atoms with E-state index >= 15 is 0 Å². The molecule has 0 aliphatic rings. The largest absolute Gasteiger partial charge is 0.456 e. The van der Waals surface area contributed by atoms with Gasteiger partial charge in [-0.1, -0.05) is 6.07 Å². The zero-order chi connectivity index (χ0) is 25.2. The van der Waals surface area contributed by atoms with E-state index in [2.05, 4.69) is 10.3 Å². The van der Waals surface area contributed by atoms with Crippen LogP contribution in [0.2, 0.25) is 0 Å². The minimum absolute atomic E-state index is 0.0917. The van der Waals surface area contributed by atoms with E-state index in [0.29, 0.717) is 11.3 Å². The highest BCUT2D eigenvalue weighted by Crippen LogP contribution is 2.30. The van der Waals surface area contributed by atoms with Crippen LogP contribution in [0.15, 0.2) is 79.4 Å². The summed E-state index contributed by atoms with van der Waals surface area (Å²) in [7, 11) is 0. The average Bonchev–Trinajstić information content (AvgIpc) is 3.33. The Morgan fingerprint density at radius 1 is 0.971 bits per heavy atom. The first-order valence-corrected chi connectivity index (χ1v) is 10.8. The van der Waals surface area contributed by atoms with Gasteiger partial charge in [0.25, 0.3) is 5.91 Å². The van der Waals surface area contributed by atoms with Gasteiger partial charge in [-0.25, -0.2) is 13.6 Å². The van der Waals surface area contributed by atoms with Gasteiger partial charge in [0, 0.05) is 30.2 Å². The molecule has 1 N–H and O–H groups in total. The number of hydrogen-bond acceptors (Lipinski definition) is 4. The monoisotopic (exact) mass is 475 g/mol. The second-order valence-electron chi connectivity index (χ2n) is 8.86. The highest BCUT2D eigenvalue weighted by molar-refractivity contribution is 6.08. The number of amides is 1. The summed E-state index contributed by atoms with van der Waals surface area (Å²) < 4.78 is 35.1. The van der Waals surface area contributed by atoms with Gasteiger partial charge < -0.3 is 14.6 Å². The van der Waals surface area contributed by atoms with Gasteiger partial charge in [-0.15, -0.1) is 0 Å². The van der Waals surface area contributed by atoms with E-state index in [1.54, 1.807) is 37.6 Å². The molecule has 2 heterocycles. The van der Waals surface area contributed by atoms with Gasteiger partial charge in [0.2, 0.25) is 0 Å². The van der Waals surface area contributed by atoms with Crippen LogP contribution >= 0.6 is 0 Å². The number of halogens is 2. The molecule has 6 nitrogen and oxygen atoms in total. The second kappa shape index (κ2) is 9.50. The summed E-state index contributed by atoms with van der Waals surface area (Å²) in [6.45, 7) is 5.18. The maximum absolute atomic E-state index is 14.4. The normalized spacial score (nSPS) is 11.2. The maximum atomic E-state index is 14.4. The Morgan fingerprint density at radius 2 is 1.71 bits per heavy atom. The molecule has 0 atom stereocenters. The van der Waals surface area contributed by atoms with Crippen molar-refractivity contribution in [3.8, 4) is 16.8 Å². The molecule has 1 amide bonds. The number of ether oxygens (including phenoxy) is 1. The molecule has 0 aliphatic carbocycles. The Balaban J connectivity index is 1.72. The minimum atomic E-state index is -0.769. The summed E-state index contributed by atoms with van der Waals surface area (Å²) in [6.07, 6.45) is 6.65. The SMILES string of the molecule is CC(C)(C)OC(=O)c1ccc(-c2ccc(F)cc2F)cc1NC(=O)c1cncc(-n2cccc2)c1. The lowest BCUT2D eigenvalue weighted by Gasteiger charge is -2.21. The topological polar surface area (TPSA) is 73.2 Å². The third-order valence-corrected chi connectivity index (χ3v) is 5.02. The van der Waals surface area contributed by atoms with Crippen molar-refractivity contribution in [3.05, 3.63) is 102 Å². The summed E-state index contributed by atoms with van der Waals surface area (Å²) in [6, 6.07) is 13.0. The summed E-state index contributed by atoms with van der Waals surface area (Å²) in [5.74, 6) is -2.65. The number of rotatable bonds is 5. The fourth-order valence-corrected chi connectivity index (χ4v) is 3.44. The van der Waals surface area contributed by atoms with E-state index in [4.69, 9.17) is 4.74 Å². The van der Waals surface area contributed by atoms with E-state index < -0.39 is 29.1 Å². The smallest absolute Gasteiger partial charge is 0.340 e. The van der Waals surface area contributed by atoms with E-state index in [1.807, 2.05) is 24.5 Å². The number of pyridine rings is 1. The molecular formula is C27H23F2N3O3. The van der Waals surface area contributed by atoms with Crippen molar-refractivity contribution in [1.82, 2.24) is 9.55 Å². The molecule has 0 fully saturated rings. The Labute approximate surface area is 201 Å². The number of anilines is 1. The van der Waals surface area contributed by atoms with Crippen molar-refractivity contribution < 1.29 is 23.1 Å². The van der Waals surface area contributed by atoms with E-state index in [9.17, 15) is 18.4 Å². The van der Waals surface area contributed by atoms with E-state index in [1.165, 1.54) is 30.5 Å². The second-order valence-corrected chi connectivity index (χ2v) is 8.86. The van der Waals surface area contributed by atoms with Crippen LogP contribution in [0.5, 0.6) is 0 Å². The predicted molar refractivity (Wildman–Crippen MR) is 128 cm³/mol. The number of hydrogen-bond donors (Lipinski definition) is 1. The summed E-state index contributed by atoms with van der Waals surface area (Å²) in [5, 5.41) is 2.72. The quantitative estimate of drug-likeness (QED) is 0.358. The molecule has 35 heavy (non-hydrogen) atoms. The van der Waals surface area contributed by atoms with Gasteiger partial charge in [-0.05, 0) is 68.8 Å². The number of nitrogens with one attached hydrogen (secondary N) is 1. The van der Waals surface area contributed by atoms with Gasteiger partial charge in [-0.2, -0.15) is 0 Å². The van der Waals surface area contributed by atoms with Crippen LogP contribution < -0.4 is 5.32 Å².